The summed E-state index contributed by atoms with van der Waals surface area (Å²) in [5, 5.41) is 8.03. The van der Waals surface area contributed by atoms with Crippen molar-refractivity contribution in [1.29, 1.82) is 5.41 Å². The fraction of sp³-hybridized carbons (Fsp3) is 0.519. The predicted octanol–water partition coefficient (Wildman–Crippen LogP) is 6.34. The molecule has 0 saturated carbocycles. The van der Waals surface area contributed by atoms with Gasteiger partial charge in [0.2, 0.25) is 0 Å². The van der Waals surface area contributed by atoms with Gasteiger partial charge >= 0.3 is 0 Å². The van der Waals surface area contributed by atoms with Crippen molar-refractivity contribution in [3.63, 3.8) is 0 Å². The highest BCUT2D eigenvalue weighted by atomic mass is 32.2. The second-order valence-corrected chi connectivity index (χ2v) is 10.3. The Balaban J connectivity index is 0.00000104. The average Bonchev–Trinajstić information content (AvgIpc) is 2.78. The first kappa shape index (κ1) is 29.7. The van der Waals surface area contributed by atoms with Gasteiger partial charge in [0.05, 0.1) is 12.8 Å². The van der Waals surface area contributed by atoms with Gasteiger partial charge in [0.25, 0.3) is 10.1 Å². The minimum atomic E-state index is -3.67. The van der Waals surface area contributed by atoms with E-state index in [1.54, 1.807) is 0 Å². The van der Waals surface area contributed by atoms with Crippen molar-refractivity contribution >= 4 is 21.8 Å². The van der Waals surface area contributed by atoms with Crippen molar-refractivity contribution in [2.45, 2.75) is 84.6 Å². The lowest BCUT2D eigenvalue weighted by molar-refractivity contribution is 0.490. The van der Waals surface area contributed by atoms with Crippen molar-refractivity contribution in [3.05, 3.63) is 65.2 Å². The molecule has 6 nitrogen and oxygen atoms in total. The molecule has 0 radical (unpaired) electrons. The van der Waals surface area contributed by atoms with Gasteiger partial charge in [-0.3, -0.25) is 9.96 Å². The van der Waals surface area contributed by atoms with E-state index in [1.165, 1.54) is 68.1 Å². The van der Waals surface area contributed by atoms with Gasteiger partial charge in [-0.15, -0.1) is 0 Å². The number of unbranched alkanes of at least 4 members (excludes halogenated alkanes) is 6. The molecule has 0 atom stereocenters. The highest BCUT2D eigenvalue weighted by molar-refractivity contribution is 7.85. The fourth-order valence-electron chi connectivity index (χ4n) is 3.66. The lowest BCUT2D eigenvalue weighted by Crippen LogP contribution is -2.35. The van der Waals surface area contributed by atoms with Crippen LogP contribution in [0.1, 0.15) is 81.9 Å². The van der Waals surface area contributed by atoms with Crippen LogP contribution >= 0.6 is 0 Å². The lowest BCUT2D eigenvalue weighted by atomic mass is 10.0. The molecule has 0 fully saturated rings. The van der Waals surface area contributed by atoms with E-state index < -0.39 is 10.1 Å². The zero-order chi connectivity index (χ0) is 25.4. The summed E-state index contributed by atoms with van der Waals surface area (Å²) in [5.74, 6) is 0.0873. The van der Waals surface area contributed by atoms with Gasteiger partial charge < -0.3 is 10.6 Å². The summed E-state index contributed by atoms with van der Waals surface area (Å²) < 4.78 is 25.9. The van der Waals surface area contributed by atoms with Crippen LogP contribution < -0.4 is 10.6 Å². The van der Waals surface area contributed by atoms with E-state index in [9.17, 15) is 8.42 Å². The zero-order valence-electron chi connectivity index (χ0n) is 21.1. The van der Waals surface area contributed by atoms with E-state index in [1.807, 2.05) is 4.90 Å². The topological polar surface area (TPSA) is 107 Å². The molecule has 4 N–H and O–H groups in total. The third kappa shape index (κ3) is 14.0. The third-order valence-electron chi connectivity index (χ3n) is 5.54. The Morgan fingerprint density at radius 1 is 0.794 bits per heavy atom. The van der Waals surface area contributed by atoms with Gasteiger partial charge in [0.15, 0.2) is 5.96 Å². The molecular formula is C27H43N3O3S. The van der Waals surface area contributed by atoms with Crippen molar-refractivity contribution in [2.24, 2.45) is 5.73 Å². The van der Waals surface area contributed by atoms with Crippen molar-refractivity contribution < 1.29 is 13.0 Å². The van der Waals surface area contributed by atoms with E-state index in [0.29, 0.717) is 12.8 Å². The van der Waals surface area contributed by atoms with Crippen molar-refractivity contribution in [2.75, 3.05) is 11.2 Å². The maximum absolute atomic E-state index is 9.19. The van der Waals surface area contributed by atoms with Gasteiger partial charge in [-0.2, -0.15) is 8.42 Å². The number of rotatable bonds is 13. The molecule has 0 aliphatic carbocycles. The fourth-order valence-corrected chi connectivity index (χ4v) is 3.66. The van der Waals surface area contributed by atoms with E-state index in [-0.39, 0.29) is 5.96 Å². The number of benzene rings is 2. The van der Waals surface area contributed by atoms with Gasteiger partial charge in [0, 0.05) is 5.69 Å². The minimum absolute atomic E-state index is 0.0873. The quantitative estimate of drug-likeness (QED) is 0.132. The molecule has 0 saturated heterocycles. The van der Waals surface area contributed by atoms with Crippen LogP contribution in [0.3, 0.4) is 0 Å². The standard InChI is InChI=1S/C26H39N3.CH4O3S/c1-3-5-7-9-11-22-13-15-24(16-14-22)21-29(26(27)28)25-19-17-23(18-20-25)12-10-8-6-4-2;1-5(2,3)4/h13-20H,3-12,21H2,1-2H3,(H3,27,28);1H3,(H,2,3,4). The second kappa shape index (κ2) is 16.3. The third-order valence-corrected chi connectivity index (χ3v) is 5.54. The lowest BCUT2D eigenvalue weighted by Gasteiger charge is -2.23. The number of anilines is 1. The van der Waals surface area contributed by atoms with Crippen LogP contribution in [0.15, 0.2) is 48.5 Å². The van der Waals surface area contributed by atoms with E-state index >= 15 is 0 Å². The van der Waals surface area contributed by atoms with Crippen LogP contribution in [-0.4, -0.2) is 25.2 Å². The van der Waals surface area contributed by atoms with Gasteiger partial charge in [-0.25, -0.2) is 0 Å². The maximum Gasteiger partial charge on any atom is 0.261 e. The average molecular weight is 490 g/mol. The zero-order valence-corrected chi connectivity index (χ0v) is 21.9. The summed E-state index contributed by atoms with van der Waals surface area (Å²) >= 11 is 0. The molecule has 0 bridgehead atoms. The Morgan fingerprint density at radius 2 is 1.18 bits per heavy atom. The molecule has 2 rings (SSSR count). The molecular weight excluding hydrogens is 446 g/mol. The van der Waals surface area contributed by atoms with Crippen molar-refractivity contribution in [3.8, 4) is 0 Å². The molecule has 0 aromatic heterocycles. The summed E-state index contributed by atoms with van der Waals surface area (Å²) in [5.41, 5.74) is 10.8. The Morgan fingerprint density at radius 3 is 1.56 bits per heavy atom. The Hall–Kier alpha value is -2.38. The number of nitrogens with zero attached hydrogens (tertiary/aromatic N) is 1. The van der Waals surface area contributed by atoms with E-state index in [2.05, 4.69) is 62.4 Å². The Bertz CT molecular complexity index is 919. The first-order chi connectivity index (χ1) is 16.1. The molecule has 0 aliphatic rings. The van der Waals surface area contributed by atoms with Crippen LogP contribution in [0.5, 0.6) is 0 Å². The molecule has 2 aromatic rings. The molecule has 0 amide bonds. The minimum Gasteiger partial charge on any atom is -0.370 e. The molecule has 2 aromatic carbocycles. The molecule has 7 heteroatoms. The van der Waals surface area contributed by atoms with Gasteiger partial charge in [-0.05, 0) is 54.5 Å². The molecule has 0 heterocycles. The van der Waals surface area contributed by atoms with Gasteiger partial charge in [-0.1, -0.05) is 88.8 Å². The smallest absolute Gasteiger partial charge is 0.261 e. The second-order valence-electron chi connectivity index (χ2n) is 8.81. The first-order valence-corrected chi connectivity index (χ1v) is 14.2. The Labute approximate surface area is 206 Å². The van der Waals surface area contributed by atoms with Crippen LogP contribution in [-0.2, 0) is 29.5 Å². The molecule has 0 aliphatic heterocycles. The number of nitrogens with two attached hydrogens (primary N) is 1. The first-order valence-electron chi connectivity index (χ1n) is 12.3. The number of aryl methyl sites for hydroxylation is 2. The highest BCUT2D eigenvalue weighted by Gasteiger charge is 2.11. The predicted molar refractivity (Wildman–Crippen MR) is 144 cm³/mol. The van der Waals surface area contributed by atoms with Gasteiger partial charge in [0.1, 0.15) is 0 Å². The monoisotopic (exact) mass is 489 g/mol. The number of nitrogens with one attached hydrogen (secondary N) is 1. The summed E-state index contributed by atoms with van der Waals surface area (Å²) in [7, 11) is -3.67. The number of hydrogen-bond acceptors (Lipinski definition) is 3. The van der Waals surface area contributed by atoms with Crippen LogP contribution in [0.2, 0.25) is 0 Å². The maximum atomic E-state index is 9.19. The summed E-state index contributed by atoms with van der Waals surface area (Å²) in [4.78, 5) is 1.87. The normalized spacial score (nSPS) is 10.9. The molecule has 0 unspecified atom stereocenters. The highest BCUT2D eigenvalue weighted by Crippen LogP contribution is 2.20. The SMILES string of the molecule is CCCCCCc1ccc(CN(C(=N)N)c2ccc(CCCCCC)cc2)cc1.CS(=O)(=O)O. The Kier molecular flexibility index (Phi) is 14.2. The molecule has 190 valence electrons. The van der Waals surface area contributed by atoms with Crippen LogP contribution in [0, 0.1) is 5.41 Å². The molecule has 0 spiro atoms. The number of hydrogen-bond donors (Lipinski definition) is 3. The largest absolute Gasteiger partial charge is 0.370 e. The van der Waals surface area contributed by atoms with E-state index in [0.717, 1.165) is 18.5 Å². The summed E-state index contributed by atoms with van der Waals surface area (Å²) in [6, 6.07) is 17.3. The van der Waals surface area contributed by atoms with Crippen LogP contribution in [0.4, 0.5) is 5.69 Å². The van der Waals surface area contributed by atoms with E-state index in [4.69, 9.17) is 15.7 Å². The summed E-state index contributed by atoms with van der Waals surface area (Å²) in [6.45, 7) is 5.12. The van der Waals surface area contributed by atoms with Crippen LogP contribution in [0.25, 0.3) is 0 Å². The number of guanidine groups is 1. The summed E-state index contributed by atoms with van der Waals surface area (Å²) in [6.07, 6.45) is 13.3. The molecule has 34 heavy (non-hydrogen) atoms. The van der Waals surface area contributed by atoms with Crippen molar-refractivity contribution in [1.82, 2.24) is 0 Å².